The average molecular weight is 207 g/mol. The molecule has 0 aromatic heterocycles. The largest absolute Gasteiger partial charge is 0.201 e. The van der Waals surface area contributed by atoms with E-state index in [2.05, 4.69) is 6.20 Å². The van der Waals surface area contributed by atoms with E-state index < -0.39 is 0 Å². The highest BCUT2D eigenvalue weighted by Gasteiger charge is 2.25. The molecule has 0 aromatic rings. The van der Waals surface area contributed by atoms with Crippen LogP contribution in [0.25, 0.3) is 0 Å². The second-order valence-corrected chi connectivity index (χ2v) is 4.21. The fourth-order valence-electron chi connectivity index (χ4n) is 1.08. The SMILES string of the molecule is CO[N+]1(C)C=C(SC)C=C(Cl)C1. The van der Waals surface area contributed by atoms with Gasteiger partial charge >= 0.3 is 0 Å². The summed E-state index contributed by atoms with van der Waals surface area (Å²) in [7, 11) is 3.66. The predicted molar refractivity (Wildman–Crippen MR) is 53.6 cm³/mol. The summed E-state index contributed by atoms with van der Waals surface area (Å²) < 4.78 is 0.422. The van der Waals surface area contributed by atoms with Gasteiger partial charge in [0, 0.05) is 0 Å². The molecular weight excluding hydrogens is 194 g/mol. The van der Waals surface area contributed by atoms with Gasteiger partial charge in [-0.25, -0.2) is 4.84 Å². The minimum Gasteiger partial charge on any atom is -0.201 e. The number of allylic oxidation sites excluding steroid dienone is 1. The smallest absolute Gasteiger partial charge is 0.149 e. The molecule has 1 rings (SSSR count). The van der Waals surface area contributed by atoms with Crippen molar-refractivity contribution in [1.29, 1.82) is 0 Å². The number of thioether (sulfide) groups is 1. The Morgan fingerprint density at radius 3 is 2.83 bits per heavy atom. The standard InChI is InChI=1S/C8H13ClNOS/c1-10(11-2)5-7(9)4-8(6-10)12-3/h4,6H,5H2,1-3H3/q+1. The summed E-state index contributed by atoms with van der Waals surface area (Å²) in [6.07, 6.45) is 6.06. The Bertz CT molecular complexity index is 239. The van der Waals surface area contributed by atoms with E-state index in [1.165, 1.54) is 0 Å². The van der Waals surface area contributed by atoms with Gasteiger partial charge in [-0.3, -0.25) is 0 Å². The summed E-state index contributed by atoms with van der Waals surface area (Å²) in [5.41, 5.74) is 0. The van der Waals surface area contributed by atoms with E-state index in [1.807, 2.05) is 19.4 Å². The Labute approximate surface area is 82.4 Å². The van der Waals surface area contributed by atoms with E-state index in [0.29, 0.717) is 11.2 Å². The van der Waals surface area contributed by atoms with Crippen molar-refractivity contribution in [2.24, 2.45) is 0 Å². The Hall–Kier alpha value is 0.0400. The minimum absolute atomic E-state index is 0.422. The van der Waals surface area contributed by atoms with Crippen molar-refractivity contribution < 1.29 is 9.48 Å². The maximum Gasteiger partial charge on any atom is 0.149 e. The van der Waals surface area contributed by atoms with Gasteiger partial charge in [-0.1, -0.05) is 11.6 Å². The first-order valence-electron chi connectivity index (χ1n) is 3.63. The molecule has 0 spiro atoms. The van der Waals surface area contributed by atoms with Crippen LogP contribution in [0.4, 0.5) is 0 Å². The van der Waals surface area contributed by atoms with E-state index in [0.717, 1.165) is 9.94 Å². The number of hydrogen-bond donors (Lipinski definition) is 0. The summed E-state index contributed by atoms with van der Waals surface area (Å²) in [5, 5.41) is 0.839. The maximum atomic E-state index is 5.96. The molecule has 68 valence electrons. The Morgan fingerprint density at radius 2 is 2.33 bits per heavy atom. The number of hydroxylamine groups is 3. The molecule has 0 N–H and O–H groups in total. The first-order valence-corrected chi connectivity index (χ1v) is 5.24. The Balaban J connectivity index is 2.87. The quantitative estimate of drug-likeness (QED) is 0.642. The lowest BCUT2D eigenvalue weighted by Gasteiger charge is -2.28. The lowest BCUT2D eigenvalue weighted by Crippen LogP contribution is -2.39. The minimum atomic E-state index is 0.422. The topological polar surface area (TPSA) is 9.23 Å². The third-order valence-corrected chi connectivity index (χ3v) is 2.74. The van der Waals surface area contributed by atoms with Crippen LogP contribution in [0, 0.1) is 0 Å². The fraction of sp³-hybridized carbons (Fsp3) is 0.500. The summed E-state index contributed by atoms with van der Waals surface area (Å²) in [4.78, 5) is 6.45. The molecule has 0 radical (unpaired) electrons. The van der Waals surface area contributed by atoms with Crippen LogP contribution in [0.3, 0.4) is 0 Å². The molecule has 4 heteroatoms. The van der Waals surface area contributed by atoms with Gasteiger partial charge in [-0.2, -0.15) is 4.65 Å². The van der Waals surface area contributed by atoms with Crippen LogP contribution in [-0.2, 0) is 4.84 Å². The number of quaternary nitrogens is 1. The van der Waals surface area contributed by atoms with Crippen molar-refractivity contribution in [3.05, 3.63) is 22.2 Å². The van der Waals surface area contributed by atoms with E-state index in [4.69, 9.17) is 16.4 Å². The molecule has 0 aromatic carbocycles. The van der Waals surface area contributed by atoms with Gasteiger partial charge in [0.15, 0.2) is 0 Å². The fourth-order valence-corrected chi connectivity index (χ4v) is 2.09. The van der Waals surface area contributed by atoms with Crippen molar-refractivity contribution in [2.45, 2.75) is 0 Å². The van der Waals surface area contributed by atoms with Gasteiger partial charge < -0.3 is 0 Å². The summed E-state index contributed by atoms with van der Waals surface area (Å²) >= 11 is 7.64. The summed E-state index contributed by atoms with van der Waals surface area (Å²) in [6, 6.07) is 0. The van der Waals surface area contributed by atoms with Crippen LogP contribution in [0.15, 0.2) is 22.2 Å². The van der Waals surface area contributed by atoms with Crippen LogP contribution >= 0.6 is 23.4 Å². The van der Waals surface area contributed by atoms with Crippen molar-refractivity contribution in [2.75, 3.05) is 27.0 Å². The molecule has 1 heterocycles. The lowest BCUT2D eigenvalue weighted by molar-refractivity contribution is -1.04. The molecule has 0 aliphatic carbocycles. The molecule has 2 nitrogen and oxygen atoms in total. The van der Waals surface area contributed by atoms with Crippen LogP contribution in [0.1, 0.15) is 0 Å². The average Bonchev–Trinajstić information content (AvgIpc) is 2.03. The molecule has 0 amide bonds. The van der Waals surface area contributed by atoms with Gasteiger partial charge in [0.2, 0.25) is 0 Å². The molecule has 1 aliphatic heterocycles. The highest BCUT2D eigenvalue weighted by molar-refractivity contribution is 8.02. The third-order valence-electron chi connectivity index (χ3n) is 1.82. The molecule has 1 atom stereocenters. The van der Waals surface area contributed by atoms with Crippen LogP contribution < -0.4 is 0 Å². The molecule has 0 fully saturated rings. The van der Waals surface area contributed by atoms with E-state index >= 15 is 0 Å². The molecule has 0 bridgehead atoms. The zero-order chi connectivity index (χ0) is 9.19. The molecule has 12 heavy (non-hydrogen) atoms. The van der Waals surface area contributed by atoms with Gasteiger partial charge in [0.25, 0.3) is 0 Å². The maximum absolute atomic E-state index is 5.96. The predicted octanol–water partition coefficient (Wildman–Crippen LogP) is 2.34. The Kier molecular flexibility index (Phi) is 3.23. The van der Waals surface area contributed by atoms with Crippen LogP contribution in [-0.4, -0.2) is 31.6 Å². The van der Waals surface area contributed by atoms with Crippen LogP contribution in [0.5, 0.6) is 0 Å². The molecule has 1 unspecified atom stereocenters. The van der Waals surface area contributed by atoms with Crippen LogP contribution in [0.2, 0.25) is 0 Å². The van der Waals surface area contributed by atoms with Gasteiger partial charge in [0.05, 0.1) is 17.0 Å². The van der Waals surface area contributed by atoms with Crippen molar-refractivity contribution in [3.63, 3.8) is 0 Å². The molecule has 0 saturated carbocycles. The second-order valence-electron chi connectivity index (χ2n) is 2.84. The van der Waals surface area contributed by atoms with E-state index in [1.54, 1.807) is 18.9 Å². The zero-order valence-corrected chi connectivity index (χ0v) is 9.08. The molecular formula is C8H13ClNOS+. The molecule has 1 aliphatic rings. The first kappa shape index (κ1) is 10.1. The van der Waals surface area contributed by atoms with E-state index in [-0.39, 0.29) is 0 Å². The highest BCUT2D eigenvalue weighted by atomic mass is 35.5. The van der Waals surface area contributed by atoms with Gasteiger partial charge in [-0.15, -0.1) is 11.8 Å². The normalized spacial score (nSPS) is 29.7. The number of rotatable bonds is 2. The van der Waals surface area contributed by atoms with Crippen molar-refractivity contribution >= 4 is 23.4 Å². The summed E-state index contributed by atoms with van der Waals surface area (Å²) in [6.45, 7) is 0.710. The monoisotopic (exact) mass is 206 g/mol. The Morgan fingerprint density at radius 1 is 1.67 bits per heavy atom. The zero-order valence-electron chi connectivity index (χ0n) is 7.50. The second kappa shape index (κ2) is 3.83. The van der Waals surface area contributed by atoms with Gasteiger partial charge in [-0.05, 0) is 12.3 Å². The third kappa shape index (κ3) is 2.26. The first-order chi connectivity index (χ1) is 5.59. The lowest BCUT2D eigenvalue weighted by atomic mass is 10.3. The van der Waals surface area contributed by atoms with E-state index in [9.17, 15) is 0 Å². The highest BCUT2D eigenvalue weighted by Crippen LogP contribution is 2.27. The van der Waals surface area contributed by atoms with Crippen molar-refractivity contribution in [3.8, 4) is 0 Å². The van der Waals surface area contributed by atoms with Gasteiger partial charge in [0.1, 0.15) is 19.8 Å². The number of halogens is 1. The number of hydrogen-bond acceptors (Lipinski definition) is 2. The number of nitrogens with zero attached hydrogens (tertiary/aromatic N) is 1. The molecule has 0 saturated heterocycles. The number of likely N-dealkylation sites (N-methyl/N-ethyl adjacent to an activating group) is 1. The summed E-state index contributed by atoms with van der Waals surface area (Å²) in [5.74, 6) is 0. The van der Waals surface area contributed by atoms with Crippen molar-refractivity contribution in [1.82, 2.24) is 0 Å².